The Hall–Kier alpha value is -0.940. The highest BCUT2D eigenvalue weighted by Gasteiger charge is 2.17. The number of rotatable bonds is 3. The lowest BCUT2D eigenvalue weighted by Crippen LogP contribution is -2.30. The van der Waals surface area contributed by atoms with Crippen LogP contribution in [-0.4, -0.2) is 24.0 Å². The molecule has 0 radical (unpaired) electrons. The molecule has 1 aliphatic heterocycles. The summed E-state index contributed by atoms with van der Waals surface area (Å²) in [6, 6.07) is 3.66. The number of nitrogens with one attached hydrogen (secondary N) is 2. The fourth-order valence-corrected chi connectivity index (χ4v) is 2.38. The van der Waals surface area contributed by atoms with Crippen molar-refractivity contribution in [2.24, 2.45) is 5.92 Å². The minimum Gasteiger partial charge on any atom is -0.324 e. The molecule has 0 saturated carbocycles. The van der Waals surface area contributed by atoms with Crippen LogP contribution in [0.2, 0.25) is 0 Å². The number of carbonyl (C=O) groups excluding carboxylic acids is 1. The lowest BCUT2D eigenvalue weighted by molar-refractivity contribution is -0.117. The van der Waals surface area contributed by atoms with Gasteiger partial charge in [0.2, 0.25) is 5.91 Å². The van der Waals surface area contributed by atoms with Crippen molar-refractivity contribution in [1.29, 1.82) is 0 Å². The number of hydrogen-bond acceptors (Lipinski definition) is 3. The monoisotopic (exact) mass is 297 g/mol. The van der Waals surface area contributed by atoms with E-state index in [0.29, 0.717) is 16.9 Å². The SMILES string of the molecule is O=C(CC1CCNCC1)Nc1cccnc1Br. The second-order valence-corrected chi connectivity index (χ2v) is 5.04. The van der Waals surface area contributed by atoms with E-state index in [4.69, 9.17) is 0 Å². The lowest BCUT2D eigenvalue weighted by Gasteiger charge is -2.21. The number of amides is 1. The van der Waals surface area contributed by atoms with Crippen LogP contribution < -0.4 is 10.6 Å². The molecule has 0 aromatic carbocycles. The highest BCUT2D eigenvalue weighted by Crippen LogP contribution is 2.21. The molecule has 1 saturated heterocycles. The van der Waals surface area contributed by atoms with Crippen molar-refractivity contribution in [3.63, 3.8) is 0 Å². The summed E-state index contributed by atoms with van der Waals surface area (Å²) >= 11 is 3.31. The van der Waals surface area contributed by atoms with Gasteiger partial charge < -0.3 is 10.6 Å². The highest BCUT2D eigenvalue weighted by atomic mass is 79.9. The molecule has 92 valence electrons. The Balaban J connectivity index is 1.86. The number of anilines is 1. The first-order valence-corrected chi connectivity index (χ1v) is 6.66. The average molecular weight is 298 g/mol. The molecule has 17 heavy (non-hydrogen) atoms. The van der Waals surface area contributed by atoms with E-state index in [1.807, 2.05) is 12.1 Å². The zero-order chi connectivity index (χ0) is 12.1. The van der Waals surface area contributed by atoms with Crippen molar-refractivity contribution in [3.05, 3.63) is 22.9 Å². The maximum absolute atomic E-state index is 11.9. The molecule has 1 aromatic rings. The normalized spacial score (nSPS) is 16.8. The quantitative estimate of drug-likeness (QED) is 0.841. The summed E-state index contributed by atoms with van der Waals surface area (Å²) in [6.45, 7) is 2.04. The first-order valence-electron chi connectivity index (χ1n) is 5.87. The second kappa shape index (κ2) is 6.12. The first kappa shape index (κ1) is 12.5. The van der Waals surface area contributed by atoms with Crippen LogP contribution in [0.1, 0.15) is 19.3 Å². The molecule has 5 heteroatoms. The van der Waals surface area contributed by atoms with Gasteiger partial charge in [-0.1, -0.05) is 0 Å². The maximum atomic E-state index is 11.9. The molecule has 0 unspecified atom stereocenters. The molecular formula is C12H16BrN3O. The molecule has 0 atom stereocenters. The summed E-state index contributed by atoms with van der Waals surface area (Å²) in [6.07, 6.45) is 4.46. The summed E-state index contributed by atoms with van der Waals surface area (Å²) < 4.78 is 0.679. The smallest absolute Gasteiger partial charge is 0.224 e. The summed E-state index contributed by atoms with van der Waals surface area (Å²) in [5.41, 5.74) is 0.742. The molecule has 1 aromatic heterocycles. The number of piperidine rings is 1. The van der Waals surface area contributed by atoms with Gasteiger partial charge in [0, 0.05) is 12.6 Å². The highest BCUT2D eigenvalue weighted by molar-refractivity contribution is 9.10. The molecule has 1 aliphatic rings. The van der Waals surface area contributed by atoms with Crippen LogP contribution in [0.3, 0.4) is 0 Å². The standard InChI is InChI=1S/C12H16BrN3O/c13-12-10(2-1-5-15-12)16-11(17)8-9-3-6-14-7-4-9/h1-2,5,9,14H,3-4,6-8H2,(H,16,17). The molecule has 2 N–H and O–H groups in total. The van der Waals surface area contributed by atoms with E-state index in [1.165, 1.54) is 0 Å². The van der Waals surface area contributed by atoms with Gasteiger partial charge in [-0.2, -0.15) is 0 Å². The van der Waals surface area contributed by atoms with Crippen molar-refractivity contribution in [2.45, 2.75) is 19.3 Å². The van der Waals surface area contributed by atoms with Crippen molar-refractivity contribution >= 4 is 27.5 Å². The summed E-state index contributed by atoms with van der Waals surface area (Å²) in [5.74, 6) is 0.581. The maximum Gasteiger partial charge on any atom is 0.224 e. The zero-order valence-corrected chi connectivity index (χ0v) is 11.2. The van der Waals surface area contributed by atoms with E-state index in [0.717, 1.165) is 31.6 Å². The van der Waals surface area contributed by atoms with Crippen LogP contribution in [0.25, 0.3) is 0 Å². The number of nitrogens with zero attached hydrogens (tertiary/aromatic N) is 1. The summed E-state index contributed by atoms with van der Waals surface area (Å²) in [5, 5.41) is 6.19. The number of hydrogen-bond donors (Lipinski definition) is 2. The van der Waals surface area contributed by atoms with Gasteiger partial charge in [0.25, 0.3) is 0 Å². The molecule has 2 rings (SSSR count). The molecular weight excluding hydrogens is 282 g/mol. The molecule has 1 amide bonds. The van der Waals surface area contributed by atoms with E-state index in [1.54, 1.807) is 6.20 Å². The molecule has 0 aliphatic carbocycles. The van der Waals surface area contributed by atoms with Gasteiger partial charge in [0.05, 0.1) is 5.69 Å². The minimum absolute atomic E-state index is 0.0746. The molecule has 4 nitrogen and oxygen atoms in total. The fourth-order valence-electron chi connectivity index (χ4n) is 2.03. The Labute approximate surface area is 109 Å². The minimum atomic E-state index is 0.0746. The van der Waals surface area contributed by atoms with Crippen molar-refractivity contribution in [3.8, 4) is 0 Å². The van der Waals surface area contributed by atoms with E-state index in [9.17, 15) is 4.79 Å². The number of pyridine rings is 1. The van der Waals surface area contributed by atoms with Crippen LogP contribution >= 0.6 is 15.9 Å². The molecule has 0 bridgehead atoms. The molecule has 1 fully saturated rings. The number of aromatic nitrogens is 1. The van der Waals surface area contributed by atoms with E-state index < -0.39 is 0 Å². The predicted octanol–water partition coefficient (Wildman–Crippen LogP) is 2.17. The van der Waals surface area contributed by atoms with Gasteiger partial charge in [-0.3, -0.25) is 4.79 Å². The second-order valence-electron chi connectivity index (χ2n) is 4.29. The molecule has 2 heterocycles. The number of halogens is 1. The van der Waals surface area contributed by atoms with Crippen molar-refractivity contribution in [1.82, 2.24) is 10.3 Å². The average Bonchev–Trinajstić information content (AvgIpc) is 2.33. The largest absolute Gasteiger partial charge is 0.324 e. The van der Waals surface area contributed by atoms with Gasteiger partial charge in [0.1, 0.15) is 4.60 Å². The third-order valence-electron chi connectivity index (χ3n) is 2.97. The Kier molecular flexibility index (Phi) is 4.50. The zero-order valence-electron chi connectivity index (χ0n) is 9.58. The van der Waals surface area contributed by atoms with Crippen molar-refractivity contribution in [2.75, 3.05) is 18.4 Å². The van der Waals surface area contributed by atoms with E-state index in [-0.39, 0.29) is 5.91 Å². The fraction of sp³-hybridized carbons (Fsp3) is 0.500. The molecule has 0 spiro atoms. The Bertz CT molecular complexity index is 391. The van der Waals surface area contributed by atoms with Gasteiger partial charge in [-0.05, 0) is 59.9 Å². The van der Waals surface area contributed by atoms with Crippen LogP contribution in [0.15, 0.2) is 22.9 Å². The Morgan fingerprint density at radius 1 is 1.53 bits per heavy atom. The van der Waals surface area contributed by atoms with Crippen molar-refractivity contribution < 1.29 is 4.79 Å². The Morgan fingerprint density at radius 3 is 3.00 bits per heavy atom. The van der Waals surface area contributed by atoms with E-state index >= 15 is 0 Å². The van der Waals surface area contributed by atoms with Crippen LogP contribution in [0.5, 0.6) is 0 Å². The lowest BCUT2D eigenvalue weighted by atomic mass is 9.94. The van der Waals surface area contributed by atoms with E-state index in [2.05, 4.69) is 31.5 Å². The Morgan fingerprint density at radius 2 is 2.29 bits per heavy atom. The van der Waals surface area contributed by atoms with Gasteiger partial charge >= 0.3 is 0 Å². The topological polar surface area (TPSA) is 54.0 Å². The van der Waals surface area contributed by atoms with Gasteiger partial charge in [-0.15, -0.1) is 0 Å². The first-order chi connectivity index (χ1) is 8.25. The third-order valence-corrected chi connectivity index (χ3v) is 3.60. The van der Waals surface area contributed by atoms with Gasteiger partial charge in [0.15, 0.2) is 0 Å². The third kappa shape index (κ3) is 3.78. The number of carbonyl (C=O) groups is 1. The summed E-state index contributed by atoms with van der Waals surface area (Å²) in [7, 11) is 0. The predicted molar refractivity (Wildman–Crippen MR) is 70.8 cm³/mol. The summed E-state index contributed by atoms with van der Waals surface area (Å²) in [4.78, 5) is 15.9. The van der Waals surface area contributed by atoms with Crippen LogP contribution in [-0.2, 0) is 4.79 Å². The van der Waals surface area contributed by atoms with Crippen LogP contribution in [0.4, 0.5) is 5.69 Å². The van der Waals surface area contributed by atoms with Crippen LogP contribution in [0, 0.1) is 5.92 Å². The van der Waals surface area contributed by atoms with Gasteiger partial charge in [-0.25, -0.2) is 4.98 Å².